The van der Waals surface area contributed by atoms with Crippen molar-refractivity contribution in [2.75, 3.05) is 0 Å². The molecule has 13 heavy (non-hydrogen) atoms. The van der Waals surface area contributed by atoms with Gasteiger partial charge in [-0.2, -0.15) is 0 Å². The van der Waals surface area contributed by atoms with Gasteiger partial charge in [0.1, 0.15) is 0 Å². The molecule has 1 fully saturated rings. The molecule has 0 saturated heterocycles. The second-order valence-electron chi connectivity index (χ2n) is 4.39. The average Bonchev–Trinajstić information content (AvgIpc) is 2.07. The first-order valence-corrected chi connectivity index (χ1v) is 5.30. The van der Waals surface area contributed by atoms with E-state index in [0.717, 1.165) is 12.3 Å². The minimum atomic E-state index is -0.0289. The van der Waals surface area contributed by atoms with Crippen LogP contribution >= 0.6 is 11.9 Å². The van der Waals surface area contributed by atoms with Crippen LogP contribution in [0.15, 0.2) is 0 Å². The number of aliphatic hydroxyl groups excluding tert-OH is 1. The highest BCUT2D eigenvalue weighted by atomic mass is 35.5. The van der Waals surface area contributed by atoms with Crippen molar-refractivity contribution in [1.29, 1.82) is 0 Å². The third kappa shape index (κ3) is 4.30. The number of halogens is 1. The number of hydrogen-bond acceptors (Lipinski definition) is 2. The van der Waals surface area contributed by atoms with Crippen LogP contribution in [0.2, 0.25) is 0 Å². The van der Waals surface area contributed by atoms with Crippen LogP contribution in [0.5, 0.6) is 0 Å². The summed E-state index contributed by atoms with van der Waals surface area (Å²) in [6, 6.07) is 0. The van der Waals surface area contributed by atoms with E-state index >= 15 is 0 Å². The summed E-state index contributed by atoms with van der Waals surface area (Å²) in [5.41, 5.74) is 0. The smallest absolute Gasteiger partial charge is 0.0579 e. The Kier molecular flexibility index (Phi) is 6.74. The van der Waals surface area contributed by atoms with Crippen molar-refractivity contribution in [2.45, 2.75) is 46.1 Å². The molecule has 0 aliphatic heterocycles. The Labute approximate surface area is 86.1 Å². The van der Waals surface area contributed by atoms with E-state index in [4.69, 9.17) is 4.66 Å². The highest BCUT2D eigenvalue weighted by Crippen LogP contribution is 2.33. The molecule has 0 spiro atoms. The molecule has 2 nitrogen and oxygen atoms in total. The fourth-order valence-electron chi connectivity index (χ4n) is 2.15. The first kappa shape index (κ1) is 13.2. The average molecular weight is 209 g/mol. The van der Waals surface area contributed by atoms with Gasteiger partial charge in [-0.3, -0.25) is 4.66 Å². The topological polar surface area (TPSA) is 40.5 Å². The number of aliphatic hydroxyl groups is 1. The summed E-state index contributed by atoms with van der Waals surface area (Å²) in [5.74, 6) is 1.95. The van der Waals surface area contributed by atoms with Crippen LogP contribution in [0.1, 0.15) is 40.0 Å². The quantitative estimate of drug-likeness (QED) is 0.696. The summed E-state index contributed by atoms with van der Waals surface area (Å²) >= 11 is 3.64. The maximum Gasteiger partial charge on any atom is 0.0579 e. The van der Waals surface area contributed by atoms with Gasteiger partial charge in [0, 0.05) is 0 Å². The van der Waals surface area contributed by atoms with Crippen LogP contribution < -0.4 is 0 Å². The molecule has 2 N–H and O–H groups in total. The van der Waals surface area contributed by atoms with E-state index in [9.17, 15) is 5.11 Å². The predicted molar refractivity (Wildman–Crippen MR) is 55.4 cm³/mol. The highest BCUT2D eigenvalue weighted by molar-refractivity contribution is 6.04. The van der Waals surface area contributed by atoms with Crippen LogP contribution in [0, 0.1) is 17.8 Å². The molecule has 0 radical (unpaired) electrons. The van der Waals surface area contributed by atoms with Crippen LogP contribution in [0.4, 0.5) is 0 Å². The minimum absolute atomic E-state index is 0.0289. The standard InChI is InChI=1S/C10H20O.ClHO/c1-7(2)9-5-4-8(3)6-10(9)11;1-2/h7-11H,4-6H2,1-3H3;2H. The van der Waals surface area contributed by atoms with Gasteiger partial charge in [0.15, 0.2) is 0 Å². The lowest BCUT2D eigenvalue weighted by molar-refractivity contribution is 0.0266. The first-order chi connectivity index (χ1) is 6.11. The van der Waals surface area contributed by atoms with Gasteiger partial charge in [-0.15, -0.1) is 0 Å². The minimum Gasteiger partial charge on any atom is -0.393 e. The Morgan fingerprint density at radius 1 is 1.23 bits per heavy atom. The number of hydrogen-bond donors (Lipinski definition) is 2. The fourth-order valence-corrected chi connectivity index (χ4v) is 2.15. The zero-order valence-electron chi connectivity index (χ0n) is 8.70. The molecule has 1 saturated carbocycles. The first-order valence-electron chi connectivity index (χ1n) is 4.96. The Morgan fingerprint density at radius 2 is 1.77 bits per heavy atom. The third-order valence-electron chi connectivity index (χ3n) is 2.99. The second kappa shape index (κ2) is 6.63. The van der Waals surface area contributed by atoms with Crippen molar-refractivity contribution >= 4 is 11.9 Å². The Morgan fingerprint density at radius 3 is 2.15 bits per heavy atom. The summed E-state index contributed by atoms with van der Waals surface area (Å²) in [5, 5.41) is 9.71. The second-order valence-corrected chi connectivity index (χ2v) is 4.39. The van der Waals surface area contributed by atoms with Crippen LogP contribution in [-0.2, 0) is 0 Å². The molecule has 3 unspecified atom stereocenters. The highest BCUT2D eigenvalue weighted by Gasteiger charge is 2.28. The maximum absolute atomic E-state index is 9.71. The summed E-state index contributed by atoms with van der Waals surface area (Å²) < 4.78 is 6.47. The largest absolute Gasteiger partial charge is 0.393 e. The van der Waals surface area contributed by atoms with Gasteiger partial charge in [-0.1, -0.05) is 27.2 Å². The lowest BCUT2D eigenvalue weighted by atomic mass is 9.75. The van der Waals surface area contributed by atoms with Crippen molar-refractivity contribution in [3.63, 3.8) is 0 Å². The van der Waals surface area contributed by atoms with Gasteiger partial charge in [0.05, 0.1) is 18.0 Å². The van der Waals surface area contributed by atoms with Gasteiger partial charge in [0.25, 0.3) is 0 Å². The van der Waals surface area contributed by atoms with Gasteiger partial charge in [-0.05, 0) is 30.6 Å². The molecule has 3 atom stereocenters. The molecule has 0 aromatic rings. The van der Waals surface area contributed by atoms with Gasteiger partial charge < -0.3 is 5.11 Å². The lowest BCUT2D eigenvalue weighted by Gasteiger charge is -2.33. The number of rotatable bonds is 1. The van der Waals surface area contributed by atoms with Gasteiger partial charge in [0.2, 0.25) is 0 Å². The molecule has 0 aromatic heterocycles. The third-order valence-corrected chi connectivity index (χ3v) is 2.99. The Bertz CT molecular complexity index is 128. The SMILES string of the molecule is CC1CCC(C(C)C)C(O)C1.OCl. The van der Waals surface area contributed by atoms with E-state index in [1.165, 1.54) is 12.8 Å². The summed E-state index contributed by atoms with van der Waals surface area (Å²) in [7, 11) is 0. The molecule has 1 aliphatic rings. The van der Waals surface area contributed by atoms with Crippen LogP contribution in [-0.4, -0.2) is 15.9 Å². The normalized spacial score (nSPS) is 33.9. The summed E-state index contributed by atoms with van der Waals surface area (Å²) in [6.45, 7) is 6.66. The molecule has 0 amide bonds. The molecule has 0 heterocycles. The fraction of sp³-hybridized carbons (Fsp3) is 1.00. The molecule has 1 aliphatic carbocycles. The Balaban J connectivity index is 0.000000671. The van der Waals surface area contributed by atoms with Crippen molar-refractivity contribution < 1.29 is 9.77 Å². The molecule has 0 aromatic carbocycles. The van der Waals surface area contributed by atoms with E-state index in [1.807, 2.05) is 0 Å². The van der Waals surface area contributed by atoms with Crippen molar-refractivity contribution in [3.8, 4) is 0 Å². The molecule has 3 heteroatoms. The van der Waals surface area contributed by atoms with Crippen LogP contribution in [0.3, 0.4) is 0 Å². The van der Waals surface area contributed by atoms with Crippen molar-refractivity contribution in [2.24, 2.45) is 17.8 Å². The summed E-state index contributed by atoms with van der Waals surface area (Å²) in [6.07, 6.45) is 3.52. The monoisotopic (exact) mass is 208 g/mol. The van der Waals surface area contributed by atoms with E-state index in [0.29, 0.717) is 11.8 Å². The van der Waals surface area contributed by atoms with Crippen LogP contribution in [0.25, 0.3) is 0 Å². The molecule has 1 rings (SSSR count). The molecular formula is C10H21ClO2. The van der Waals surface area contributed by atoms with Gasteiger partial charge in [-0.25, -0.2) is 0 Å². The molecular weight excluding hydrogens is 188 g/mol. The van der Waals surface area contributed by atoms with Crippen molar-refractivity contribution in [1.82, 2.24) is 0 Å². The predicted octanol–water partition coefficient (Wildman–Crippen LogP) is 2.57. The Hall–Kier alpha value is 0.210. The lowest BCUT2D eigenvalue weighted by Crippen LogP contribution is -2.31. The molecule has 0 bridgehead atoms. The van der Waals surface area contributed by atoms with Crippen molar-refractivity contribution in [3.05, 3.63) is 0 Å². The zero-order valence-corrected chi connectivity index (χ0v) is 9.46. The zero-order chi connectivity index (χ0) is 10.4. The maximum atomic E-state index is 9.71. The van der Waals surface area contributed by atoms with Gasteiger partial charge >= 0.3 is 0 Å². The van der Waals surface area contributed by atoms with E-state index in [-0.39, 0.29) is 6.10 Å². The molecule has 80 valence electrons. The summed E-state index contributed by atoms with van der Waals surface area (Å²) in [4.78, 5) is 0. The van der Waals surface area contributed by atoms with E-state index in [2.05, 4.69) is 32.6 Å². The van der Waals surface area contributed by atoms with E-state index < -0.39 is 0 Å². The van der Waals surface area contributed by atoms with E-state index in [1.54, 1.807) is 0 Å².